The number of nitrogens with zero attached hydrogens (tertiary/aromatic N) is 2. The Morgan fingerprint density at radius 3 is 2.75 bits per heavy atom. The lowest BCUT2D eigenvalue weighted by molar-refractivity contribution is 0.375. The molecular formula is C16H19N5O2S. The van der Waals surface area contributed by atoms with Gasteiger partial charge in [-0.15, -0.1) is 0 Å². The minimum atomic E-state index is -3.48. The Bertz CT molecular complexity index is 924. The second kappa shape index (κ2) is 6.03. The maximum Gasteiger partial charge on any atom is 0.243 e. The molecular weight excluding hydrogens is 326 g/mol. The Labute approximate surface area is 139 Å². The van der Waals surface area contributed by atoms with Gasteiger partial charge in [0.15, 0.2) is 0 Å². The fourth-order valence-electron chi connectivity index (χ4n) is 3.51. The average molecular weight is 345 g/mol. The number of hydrogen-bond donors (Lipinski definition) is 3. The van der Waals surface area contributed by atoms with E-state index >= 15 is 0 Å². The molecule has 0 saturated heterocycles. The van der Waals surface area contributed by atoms with Crippen LogP contribution in [0.15, 0.2) is 41.8 Å². The number of pyridine rings is 1. The van der Waals surface area contributed by atoms with Gasteiger partial charge in [-0.2, -0.15) is 5.10 Å². The smallest absolute Gasteiger partial charge is 0.243 e. The van der Waals surface area contributed by atoms with Gasteiger partial charge in [0.2, 0.25) is 10.0 Å². The number of rotatable bonds is 4. The maximum absolute atomic E-state index is 12.3. The zero-order valence-corrected chi connectivity index (χ0v) is 13.9. The first-order valence-electron chi connectivity index (χ1n) is 8.06. The molecule has 24 heavy (non-hydrogen) atoms. The Hall–Kier alpha value is -2.19. The quantitative estimate of drug-likeness (QED) is 0.675. The van der Waals surface area contributed by atoms with Crippen molar-refractivity contribution in [2.24, 2.45) is 0 Å². The molecule has 3 heterocycles. The normalized spacial score (nSPS) is 22.0. The summed E-state index contributed by atoms with van der Waals surface area (Å²) < 4.78 is 27.3. The molecule has 0 radical (unpaired) electrons. The van der Waals surface area contributed by atoms with Gasteiger partial charge in [-0.25, -0.2) is 18.1 Å². The highest BCUT2D eigenvalue weighted by atomic mass is 32.2. The van der Waals surface area contributed by atoms with Gasteiger partial charge < -0.3 is 4.98 Å². The molecule has 3 aromatic heterocycles. The molecule has 1 aliphatic carbocycles. The molecule has 0 aromatic carbocycles. The molecule has 0 spiro atoms. The van der Waals surface area contributed by atoms with Crippen LogP contribution in [-0.2, 0) is 10.0 Å². The third-order valence-corrected chi connectivity index (χ3v) is 6.24. The van der Waals surface area contributed by atoms with E-state index in [2.05, 4.69) is 31.0 Å². The highest BCUT2D eigenvalue weighted by molar-refractivity contribution is 7.89. The van der Waals surface area contributed by atoms with Crippen molar-refractivity contribution in [3.8, 4) is 0 Å². The third kappa shape index (κ3) is 2.83. The lowest BCUT2D eigenvalue weighted by Gasteiger charge is -2.28. The summed E-state index contributed by atoms with van der Waals surface area (Å²) in [5.41, 5.74) is 2.20. The summed E-state index contributed by atoms with van der Waals surface area (Å²) in [6.45, 7) is 0. The topological polar surface area (TPSA) is 104 Å². The number of aromatic nitrogens is 4. The standard InChI is InChI=1S/C16H19N5O2S/c22-24(23,13-8-19-20-9-13)21-12-5-3-11(4-6-12)15-10-18-16-14(15)2-1-7-17-16/h1-2,7-12,21H,3-6H2,(H,17,18)(H,19,20)/t11-,12-. The summed E-state index contributed by atoms with van der Waals surface area (Å²) >= 11 is 0. The minimum absolute atomic E-state index is 0.0236. The highest BCUT2D eigenvalue weighted by Crippen LogP contribution is 2.36. The van der Waals surface area contributed by atoms with E-state index in [0.717, 1.165) is 31.3 Å². The van der Waals surface area contributed by atoms with Gasteiger partial charge in [0.1, 0.15) is 10.5 Å². The summed E-state index contributed by atoms with van der Waals surface area (Å²) in [6.07, 6.45) is 10.1. The van der Waals surface area contributed by atoms with Gasteiger partial charge in [0, 0.05) is 30.0 Å². The van der Waals surface area contributed by atoms with Gasteiger partial charge in [-0.1, -0.05) is 0 Å². The first kappa shape index (κ1) is 15.3. The van der Waals surface area contributed by atoms with E-state index in [9.17, 15) is 8.42 Å². The second-order valence-electron chi connectivity index (χ2n) is 6.25. The summed E-state index contributed by atoms with van der Waals surface area (Å²) in [7, 11) is -3.48. The largest absolute Gasteiger partial charge is 0.346 e. The summed E-state index contributed by atoms with van der Waals surface area (Å²) in [5.74, 6) is 0.442. The monoisotopic (exact) mass is 345 g/mol. The molecule has 0 bridgehead atoms. The van der Waals surface area contributed by atoms with E-state index < -0.39 is 10.0 Å². The molecule has 0 atom stereocenters. The minimum Gasteiger partial charge on any atom is -0.346 e. The fraction of sp³-hybridized carbons (Fsp3) is 0.375. The Morgan fingerprint density at radius 1 is 1.17 bits per heavy atom. The summed E-state index contributed by atoms with van der Waals surface area (Å²) in [5, 5.41) is 7.41. The number of nitrogens with one attached hydrogen (secondary N) is 3. The van der Waals surface area contributed by atoms with Crippen LogP contribution in [0, 0.1) is 0 Å². The zero-order chi connectivity index (χ0) is 16.6. The molecule has 8 heteroatoms. The maximum atomic E-state index is 12.3. The van der Waals surface area contributed by atoms with Crippen LogP contribution in [0.3, 0.4) is 0 Å². The van der Waals surface area contributed by atoms with Crippen molar-refractivity contribution in [1.82, 2.24) is 24.9 Å². The Balaban J connectivity index is 1.44. The molecule has 0 unspecified atom stereocenters. The SMILES string of the molecule is O=S(=O)(N[C@H]1CC[C@H](c2c[nH]c3ncccc32)CC1)c1cn[nH]c1. The van der Waals surface area contributed by atoms with Crippen LogP contribution in [0.1, 0.15) is 37.2 Å². The van der Waals surface area contributed by atoms with Gasteiger partial charge in [-0.05, 0) is 49.3 Å². The fourth-order valence-corrected chi connectivity index (χ4v) is 4.72. The number of fused-ring (bicyclic) bond motifs is 1. The van der Waals surface area contributed by atoms with E-state index in [1.165, 1.54) is 23.3 Å². The molecule has 1 saturated carbocycles. The van der Waals surface area contributed by atoms with Gasteiger partial charge in [-0.3, -0.25) is 5.10 Å². The van der Waals surface area contributed by atoms with Crippen LogP contribution in [0.4, 0.5) is 0 Å². The second-order valence-corrected chi connectivity index (χ2v) is 7.96. The van der Waals surface area contributed by atoms with Crippen LogP contribution in [-0.4, -0.2) is 34.6 Å². The van der Waals surface area contributed by atoms with Crippen LogP contribution in [0.5, 0.6) is 0 Å². The third-order valence-electron chi connectivity index (χ3n) is 4.76. The van der Waals surface area contributed by atoms with Crippen LogP contribution < -0.4 is 4.72 Å². The van der Waals surface area contributed by atoms with E-state index in [1.54, 1.807) is 6.20 Å². The van der Waals surface area contributed by atoms with Gasteiger partial charge in [0.25, 0.3) is 0 Å². The van der Waals surface area contributed by atoms with Crippen molar-refractivity contribution < 1.29 is 8.42 Å². The number of aromatic amines is 2. The van der Waals surface area contributed by atoms with Crippen molar-refractivity contribution in [1.29, 1.82) is 0 Å². The molecule has 4 rings (SSSR count). The number of hydrogen-bond acceptors (Lipinski definition) is 4. The van der Waals surface area contributed by atoms with Crippen molar-refractivity contribution in [3.63, 3.8) is 0 Å². The molecule has 0 aliphatic heterocycles. The van der Waals surface area contributed by atoms with E-state index in [-0.39, 0.29) is 10.9 Å². The molecule has 1 fully saturated rings. The van der Waals surface area contributed by atoms with Crippen LogP contribution >= 0.6 is 0 Å². The lowest BCUT2D eigenvalue weighted by atomic mass is 9.82. The molecule has 3 N–H and O–H groups in total. The zero-order valence-electron chi connectivity index (χ0n) is 13.1. The van der Waals surface area contributed by atoms with E-state index in [0.29, 0.717) is 5.92 Å². The van der Waals surface area contributed by atoms with Crippen molar-refractivity contribution in [2.45, 2.75) is 42.5 Å². The van der Waals surface area contributed by atoms with Crippen LogP contribution in [0.25, 0.3) is 11.0 Å². The first-order valence-corrected chi connectivity index (χ1v) is 9.55. The Morgan fingerprint density at radius 2 is 2.00 bits per heavy atom. The van der Waals surface area contributed by atoms with Crippen LogP contribution in [0.2, 0.25) is 0 Å². The van der Waals surface area contributed by atoms with E-state index in [1.807, 2.05) is 12.3 Å². The molecule has 3 aromatic rings. The van der Waals surface area contributed by atoms with Gasteiger partial charge in [0.05, 0.1) is 6.20 Å². The number of H-pyrrole nitrogens is 2. The lowest BCUT2D eigenvalue weighted by Crippen LogP contribution is -2.37. The van der Waals surface area contributed by atoms with Crippen molar-refractivity contribution in [3.05, 3.63) is 42.5 Å². The molecule has 7 nitrogen and oxygen atoms in total. The summed E-state index contributed by atoms with van der Waals surface area (Å²) in [6, 6.07) is 4.01. The molecule has 1 aliphatic rings. The predicted molar refractivity (Wildman–Crippen MR) is 90.0 cm³/mol. The highest BCUT2D eigenvalue weighted by Gasteiger charge is 2.28. The molecule has 0 amide bonds. The average Bonchev–Trinajstić information content (AvgIpc) is 3.26. The van der Waals surface area contributed by atoms with Crippen molar-refractivity contribution >= 4 is 21.1 Å². The van der Waals surface area contributed by atoms with Crippen molar-refractivity contribution in [2.75, 3.05) is 0 Å². The first-order chi connectivity index (χ1) is 11.6. The van der Waals surface area contributed by atoms with E-state index in [4.69, 9.17) is 0 Å². The Kier molecular flexibility index (Phi) is 3.85. The predicted octanol–water partition coefficient (Wildman–Crippen LogP) is 2.29. The number of sulfonamides is 1. The molecule has 126 valence electrons. The summed E-state index contributed by atoms with van der Waals surface area (Å²) in [4.78, 5) is 7.74. The van der Waals surface area contributed by atoms with Gasteiger partial charge >= 0.3 is 0 Å².